The van der Waals surface area contributed by atoms with Crippen molar-refractivity contribution in [2.75, 3.05) is 7.11 Å². The van der Waals surface area contributed by atoms with Crippen molar-refractivity contribution >= 4 is 23.2 Å². The molecule has 0 fully saturated rings. The number of hydrogen-bond donors (Lipinski definition) is 0. The third-order valence-corrected chi connectivity index (χ3v) is 3.88. The van der Waals surface area contributed by atoms with Gasteiger partial charge in [-0.15, -0.1) is 11.3 Å². The van der Waals surface area contributed by atoms with Gasteiger partial charge in [0.1, 0.15) is 5.76 Å². The molecule has 0 aliphatic heterocycles. The van der Waals surface area contributed by atoms with E-state index in [-0.39, 0.29) is 0 Å². The van der Waals surface area contributed by atoms with E-state index in [2.05, 4.69) is 41.8 Å². The maximum absolute atomic E-state index is 5.48. The molecule has 0 spiro atoms. The monoisotopic (exact) mass is 228 g/mol. The van der Waals surface area contributed by atoms with E-state index < -0.39 is 0 Å². The Hall–Kier alpha value is -1.54. The van der Waals surface area contributed by atoms with Crippen LogP contribution in [0.5, 0.6) is 0 Å². The quantitative estimate of drug-likeness (QED) is 0.721. The van der Waals surface area contributed by atoms with Crippen LogP contribution in [0.25, 0.3) is 11.8 Å². The summed E-state index contributed by atoms with van der Waals surface area (Å²) in [6.07, 6.45) is 3.13. The first-order valence-corrected chi connectivity index (χ1v) is 6.17. The van der Waals surface area contributed by atoms with E-state index >= 15 is 0 Å². The number of ether oxygens (including phenoxy) is 1. The largest absolute Gasteiger partial charge is 0.495 e. The van der Waals surface area contributed by atoms with Crippen LogP contribution in [-0.2, 0) is 11.2 Å². The minimum atomic E-state index is 0.981. The number of methoxy groups -OCH3 is 1. The second kappa shape index (κ2) is 3.80. The molecular weight excluding hydrogens is 216 g/mol. The summed E-state index contributed by atoms with van der Waals surface area (Å²) in [5.41, 5.74) is 4.00. The molecule has 2 aromatic rings. The van der Waals surface area contributed by atoms with Gasteiger partial charge in [0.15, 0.2) is 0 Å². The number of benzene rings is 1. The Morgan fingerprint density at radius 3 is 2.88 bits per heavy atom. The topological polar surface area (TPSA) is 9.23 Å². The van der Waals surface area contributed by atoms with Gasteiger partial charge in [-0.25, -0.2) is 0 Å². The lowest BCUT2D eigenvalue weighted by molar-refractivity contribution is 0.374. The molecule has 1 nitrogen and oxygen atoms in total. The molecule has 0 amide bonds. The molecule has 0 radical (unpaired) electrons. The fraction of sp³-hybridized carbons (Fsp3) is 0.143. The summed E-state index contributed by atoms with van der Waals surface area (Å²) < 4.78 is 5.48. The molecule has 2 heteroatoms. The van der Waals surface area contributed by atoms with E-state index in [0.717, 1.165) is 12.2 Å². The zero-order chi connectivity index (χ0) is 11.0. The zero-order valence-electron chi connectivity index (χ0n) is 9.07. The Bertz CT molecular complexity index is 551. The van der Waals surface area contributed by atoms with Gasteiger partial charge in [-0.3, -0.25) is 0 Å². The first kappa shape index (κ1) is 9.67. The standard InChI is InChI=1S/C14H12OS/c1-15-13-9-11-5-3-2-4-10(11)8-12-6-7-16-14(12)13/h2-7,9H,8H2,1H3. The summed E-state index contributed by atoms with van der Waals surface area (Å²) in [5, 5.41) is 2.13. The molecule has 1 aliphatic rings. The fourth-order valence-corrected chi connectivity index (χ4v) is 3.01. The van der Waals surface area contributed by atoms with Crippen molar-refractivity contribution in [3.63, 3.8) is 0 Å². The normalized spacial score (nSPS) is 13.4. The van der Waals surface area contributed by atoms with E-state index in [4.69, 9.17) is 4.74 Å². The molecule has 1 heterocycles. The number of rotatable bonds is 1. The first-order chi connectivity index (χ1) is 7.88. The van der Waals surface area contributed by atoms with Gasteiger partial charge >= 0.3 is 0 Å². The lowest BCUT2D eigenvalue weighted by Crippen LogP contribution is -1.89. The summed E-state index contributed by atoms with van der Waals surface area (Å²) in [6.45, 7) is 0. The van der Waals surface area contributed by atoms with Gasteiger partial charge in [0, 0.05) is 0 Å². The Balaban J connectivity index is 2.23. The second-order valence-electron chi connectivity index (χ2n) is 3.86. The van der Waals surface area contributed by atoms with Crippen LogP contribution < -0.4 is 0 Å². The molecule has 1 aromatic carbocycles. The molecule has 0 atom stereocenters. The molecule has 16 heavy (non-hydrogen) atoms. The fourth-order valence-electron chi connectivity index (χ4n) is 2.09. The van der Waals surface area contributed by atoms with Crippen molar-refractivity contribution in [3.05, 3.63) is 57.3 Å². The van der Waals surface area contributed by atoms with Gasteiger partial charge in [0.05, 0.1) is 12.0 Å². The van der Waals surface area contributed by atoms with E-state index in [9.17, 15) is 0 Å². The lowest BCUT2D eigenvalue weighted by Gasteiger charge is -2.03. The van der Waals surface area contributed by atoms with Gasteiger partial charge < -0.3 is 4.74 Å². The summed E-state index contributed by atoms with van der Waals surface area (Å²) in [6, 6.07) is 10.7. The maximum atomic E-state index is 5.48. The molecule has 3 rings (SSSR count). The molecule has 0 N–H and O–H groups in total. The molecule has 1 aliphatic carbocycles. The van der Waals surface area contributed by atoms with Crippen LogP contribution in [0.4, 0.5) is 0 Å². The van der Waals surface area contributed by atoms with Crippen molar-refractivity contribution in [2.45, 2.75) is 6.42 Å². The molecular formula is C14H12OS. The van der Waals surface area contributed by atoms with Gasteiger partial charge in [0.2, 0.25) is 0 Å². The van der Waals surface area contributed by atoms with Gasteiger partial charge in [-0.2, -0.15) is 0 Å². The van der Waals surface area contributed by atoms with Crippen LogP contribution in [0.1, 0.15) is 21.6 Å². The maximum Gasteiger partial charge on any atom is 0.136 e. The third kappa shape index (κ3) is 1.46. The highest BCUT2D eigenvalue weighted by Gasteiger charge is 2.16. The van der Waals surface area contributed by atoms with E-state index in [1.54, 1.807) is 18.4 Å². The summed E-state index contributed by atoms with van der Waals surface area (Å²) in [4.78, 5) is 1.26. The first-order valence-electron chi connectivity index (χ1n) is 5.29. The average Bonchev–Trinajstić information content (AvgIpc) is 2.70. The SMILES string of the molecule is COC1=Cc2ccccc2Cc2ccsc21. The minimum Gasteiger partial charge on any atom is -0.495 e. The van der Waals surface area contributed by atoms with Crippen LogP contribution >= 0.6 is 11.3 Å². The second-order valence-corrected chi connectivity index (χ2v) is 4.78. The van der Waals surface area contributed by atoms with Crippen molar-refractivity contribution in [2.24, 2.45) is 0 Å². The van der Waals surface area contributed by atoms with E-state index in [1.807, 2.05) is 0 Å². The smallest absolute Gasteiger partial charge is 0.136 e. The molecule has 0 bridgehead atoms. The van der Waals surface area contributed by atoms with Crippen LogP contribution in [0.15, 0.2) is 35.7 Å². The van der Waals surface area contributed by atoms with Gasteiger partial charge in [-0.1, -0.05) is 24.3 Å². The van der Waals surface area contributed by atoms with Crippen LogP contribution in [0.2, 0.25) is 0 Å². The Labute approximate surface area is 99.0 Å². The van der Waals surface area contributed by atoms with Crippen molar-refractivity contribution in [1.29, 1.82) is 0 Å². The number of fused-ring (bicyclic) bond motifs is 2. The Kier molecular flexibility index (Phi) is 2.29. The number of thiophene rings is 1. The third-order valence-electron chi connectivity index (χ3n) is 2.91. The Morgan fingerprint density at radius 1 is 1.12 bits per heavy atom. The summed E-state index contributed by atoms with van der Waals surface area (Å²) in [7, 11) is 1.74. The number of hydrogen-bond acceptors (Lipinski definition) is 2. The molecule has 1 aromatic heterocycles. The summed E-state index contributed by atoms with van der Waals surface area (Å²) in [5.74, 6) is 0.981. The van der Waals surface area contributed by atoms with Crippen LogP contribution in [0, 0.1) is 0 Å². The molecule has 0 saturated heterocycles. The Morgan fingerprint density at radius 2 is 2.00 bits per heavy atom. The predicted octanol–water partition coefficient (Wildman–Crippen LogP) is 3.80. The van der Waals surface area contributed by atoms with Gasteiger partial charge in [-0.05, 0) is 40.6 Å². The minimum absolute atomic E-state index is 0.981. The van der Waals surface area contributed by atoms with Gasteiger partial charge in [0.25, 0.3) is 0 Å². The lowest BCUT2D eigenvalue weighted by atomic mass is 10.0. The zero-order valence-corrected chi connectivity index (χ0v) is 9.88. The highest BCUT2D eigenvalue weighted by atomic mass is 32.1. The predicted molar refractivity (Wildman–Crippen MR) is 68.4 cm³/mol. The van der Waals surface area contributed by atoms with Crippen molar-refractivity contribution in [1.82, 2.24) is 0 Å². The van der Waals surface area contributed by atoms with Crippen molar-refractivity contribution < 1.29 is 4.74 Å². The molecule has 0 unspecified atom stereocenters. The average molecular weight is 228 g/mol. The van der Waals surface area contributed by atoms with Crippen molar-refractivity contribution in [3.8, 4) is 0 Å². The summed E-state index contributed by atoms with van der Waals surface area (Å²) >= 11 is 1.75. The van der Waals surface area contributed by atoms with Crippen LogP contribution in [-0.4, -0.2) is 7.11 Å². The highest BCUT2D eigenvalue weighted by molar-refractivity contribution is 7.11. The highest BCUT2D eigenvalue weighted by Crippen LogP contribution is 2.33. The van der Waals surface area contributed by atoms with E-state index in [0.29, 0.717) is 0 Å². The molecule has 0 saturated carbocycles. The van der Waals surface area contributed by atoms with Crippen LogP contribution in [0.3, 0.4) is 0 Å². The van der Waals surface area contributed by atoms with E-state index in [1.165, 1.54) is 21.6 Å². The molecule has 80 valence electrons.